The number of carbonyl (C=O) groups is 1. The van der Waals surface area contributed by atoms with Gasteiger partial charge in [-0.3, -0.25) is 9.78 Å². The first kappa shape index (κ1) is 15.8. The zero-order valence-electron chi connectivity index (χ0n) is 12.8. The van der Waals surface area contributed by atoms with Crippen LogP contribution in [0.15, 0.2) is 18.3 Å². The molecule has 1 saturated heterocycles. The van der Waals surface area contributed by atoms with Gasteiger partial charge >= 0.3 is 0 Å². The highest BCUT2D eigenvalue weighted by Gasteiger charge is 2.24. The second kappa shape index (κ2) is 7.41. The summed E-state index contributed by atoms with van der Waals surface area (Å²) in [4.78, 5) is 18.4. The summed E-state index contributed by atoms with van der Waals surface area (Å²) in [7, 11) is 0. The molecule has 0 radical (unpaired) electrons. The third-order valence-electron chi connectivity index (χ3n) is 4.21. The lowest BCUT2D eigenvalue weighted by Crippen LogP contribution is -2.46. The molecular weight excluding hydrogens is 264 g/mol. The Morgan fingerprint density at radius 2 is 2.14 bits per heavy atom. The molecule has 0 spiro atoms. The van der Waals surface area contributed by atoms with Crippen molar-refractivity contribution in [1.82, 2.24) is 9.88 Å². The molecule has 5 heteroatoms. The number of nitrogens with zero attached hydrogens (tertiary/aromatic N) is 2. The van der Waals surface area contributed by atoms with Crippen LogP contribution in [0.2, 0.25) is 0 Å². The molecular formula is C16H26N4O. The van der Waals surface area contributed by atoms with E-state index in [0.717, 1.165) is 50.4 Å². The molecule has 2 rings (SSSR count). The van der Waals surface area contributed by atoms with Crippen LogP contribution in [0.3, 0.4) is 0 Å². The Bertz CT molecular complexity index is 452. The van der Waals surface area contributed by atoms with E-state index in [4.69, 9.17) is 11.5 Å². The van der Waals surface area contributed by atoms with Crippen molar-refractivity contribution < 1.29 is 4.79 Å². The number of hydrogen-bond donors (Lipinski definition) is 2. The van der Waals surface area contributed by atoms with Crippen molar-refractivity contribution in [2.45, 2.75) is 45.1 Å². The minimum absolute atomic E-state index is 0.104. The van der Waals surface area contributed by atoms with Gasteiger partial charge in [0.15, 0.2) is 0 Å². The first-order valence-corrected chi connectivity index (χ1v) is 7.81. The Kier molecular flexibility index (Phi) is 5.56. The molecule has 5 nitrogen and oxygen atoms in total. The standard InChI is InChI=1S/C16H26N4O/c1-12-7-9-20(10-8-12)16(21)15(18)4-2-3-14-6-5-13(17)11-19-14/h5-6,11-12,15H,2-4,7-10,17-18H2,1H3. The molecule has 1 atom stereocenters. The highest BCUT2D eigenvalue weighted by atomic mass is 16.2. The number of carbonyl (C=O) groups excluding carboxylic acids is 1. The Hall–Kier alpha value is -1.62. The van der Waals surface area contributed by atoms with Crippen molar-refractivity contribution in [2.75, 3.05) is 18.8 Å². The zero-order valence-corrected chi connectivity index (χ0v) is 12.8. The number of hydrogen-bond acceptors (Lipinski definition) is 4. The monoisotopic (exact) mass is 290 g/mol. The average Bonchev–Trinajstić information content (AvgIpc) is 2.49. The van der Waals surface area contributed by atoms with Crippen LogP contribution in [-0.2, 0) is 11.2 Å². The van der Waals surface area contributed by atoms with Crippen molar-refractivity contribution >= 4 is 11.6 Å². The van der Waals surface area contributed by atoms with E-state index in [9.17, 15) is 4.79 Å². The topological polar surface area (TPSA) is 85.2 Å². The van der Waals surface area contributed by atoms with Crippen molar-refractivity contribution in [2.24, 2.45) is 11.7 Å². The van der Waals surface area contributed by atoms with Crippen LogP contribution in [0.5, 0.6) is 0 Å². The number of aryl methyl sites for hydroxylation is 1. The molecule has 0 aliphatic carbocycles. The maximum Gasteiger partial charge on any atom is 0.239 e. The van der Waals surface area contributed by atoms with Crippen molar-refractivity contribution in [3.05, 3.63) is 24.0 Å². The summed E-state index contributed by atoms with van der Waals surface area (Å²) < 4.78 is 0. The SMILES string of the molecule is CC1CCN(C(=O)C(N)CCCc2ccc(N)cn2)CC1. The number of likely N-dealkylation sites (tertiary alicyclic amines) is 1. The van der Waals surface area contributed by atoms with Crippen molar-refractivity contribution in [3.63, 3.8) is 0 Å². The maximum absolute atomic E-state index is 12.3. The van der Waals surface area contributed by atoms with E-state index in [2.05, 4.69) is 11.9 Å². The van der Waals surface area contributed by atoms with Crippen molar-refractivity contribution in [1.29, 1.82) is 0 Å². The number of nitrogens with two attached hydrogens (primary N) is 2. The summed E-state index contributed by atoms with van der Waals surface area (Å²) in [6, 6.07) is 3.39. The predicted molar refractivity (Wildman–Crippen MR) is 84.5 cm³/mol. The second-order valence-electron chi connectivity index (χ2n) is 6.09. The van der Waals surface area contributed by atoms with Crippen LogP contribution >= 0.6 is 0 Å². The van der Waals surface area contributed by atoms with Gasteiger partial charge in [0.25, 0.3) is 0 Å². The van der Waals surface area contributed by atoms with Crippen LogP contribution < -0.4 is 11.5 Å². The van der Waals surface area contributed by atoms with Gasteiger partial charge in [0.1, 0.15) is 0 Å². The molecule has 0 aromatic carbocycles. The maximum atomic E-state index is 12.3. The predicted octanol–water partition coefficient (Wildman–Crippen LogP) is 1.57. The lowest BCUT2D eigenvalue weighted by Gasteiger charge is -2.32. The summed E-state index contributed by atoms with van der Waals surface area (Å²) >= 11 is 0. The molecule has 1 fully saturated rings. The molecule has 1 aliphatic heterocycles. The molecule has 1 unspecified atom stereocenters. The summed E-state index contributed by atoms with van der Waals surface area (Å²) in [6.07, 6.45) is 6.25. The minimum atomic E-state index is -0.382. The van der Waals surface area contributed by atoms with Crippen molar-refractivity contribution in [3.8, 4) is 0 Å². The normalized spacial score (nSPS) is 17.7. The molecule has 1 aromatic heterocycles. The molecule has 21 heavy (non-hydrogen) atoms. The third kappa shape index (κ3) is 4.70. The molecule has 1 amide bonds. The molecule has 0 saturated carbocycles. The fourth-order valence-corrected chi connectivity index (χ4v) is 2.67. The van der Waals surface area contributed by atoms with Crippen LogP contribution in [0, 0.1) is 5.92 Å². The van der Waals surface area contributed by atoms with E-state index in [1.54, 1.807) is 6.20 Å². The number of pyridine rings is 1. The van der Waals surface area contributed by atoms with Crippen LogP contribution in [-0.4, -0.2) is 34.9 Å². The van der Waals surface area contributed by atoms with Gasteiger partial charge in [-0.1, -0.05) is 6.92 Å². The number of nitrogen functional groups attached to an aromatic ring is 1. The fourth-order valence-electron chi connectivity index (χ4n) is 2.67. The average molecular weight is 290 g/mol. The number of aromatic nitrogens is 1. The van der Waals surface area contributed by atoms with E-state index in [1.807, 2.05) is 17.0 Å². The summed E-state index contributed by atoms with van der Waals surface area (Å²) in [6.45, 7) is 3.95. The number of piperidine rings is 1. The van der Waals surface area contributed by atoms with Gasteiger partial charge in [-0.25, -0.2) is 0 Å². The van der Waals surface area contributed by atoms with E-state index >= 15 is 0 Å². The van der Waals surface area contributed by atoms with E-state index in [1.165, 1.54) is 0 Å². The third-order valence-corrected chi connectivity index (χ3v) is 4.21. The Balaban J connectivity index is 1.72. The lowest BCUT2D eigenvalue weighted by molar-refractivity contribution is -0.134. The second-order valence-corrected chi connectivity index (χ2v) is 6.09. The highest BCUT2D eigenvalue weighted by Crippen LogP contribution is 2.17. The Morgan fingerprint density at radius 3 is 2.76 bits per heavy atom. The van der Waals surface area contributed by atoms with Gasteiger partial charge in [-0.2, -0.15) is 0 Å². The quantitative estimate of drug-likeness (QED) is 0.862. The number of rotatable bonds is 5. The molecule has 1 aromatic rings. The molecule has 2 heterocycles. The van der Waals surface area contributed by atoms with Crippen LogP contribution in [0.25, 0.3) is 0 Å². The smallest absolute Gasteiger partial charge is 0.239 e. The van der Waals surface area contributed by atoms with E-state index in [0.29, 0.717) is 12.1 Å². The Labute approximate surface area is 126 Å². The van der Waals surface area contributed by atoms with Gasteiger partial charge in [0, 0.05) is 18.8 Å². The van der Waals surface area contributed by atoms with Gasteiger partial charge in [0.2, 0.25) is 5.91 Å². The van der Waals surface area contributed by atoms with Crippen LogP contribution in [0.4, 0.5) is 5.69 Å². The molecule has 0 bridgehead atoms. The summed E-state index contributed by atoms with van der Waals surface area (Å²) in [5.74, 6) is 0.828. The fraction of sp³-hybridized carbons (Fsp3) is 0.625. The molecule has 1 aliphatic rings. The van der Waals surface area contributed by atoms with Gasteiger partial charge in [-0.05, 0) is 50.2 Å². The molecule has 116 valence electrons. The van der Waals surface area contributed by atoms with Gasteiger partial charge in [-0.15, -0.1) is 0 Å². The first-order valence-electron chi connectivity index (χ1n) is 7.81. The summed E-state index contributed by atoms with van der Waals surface area (Å²) in [5.41, 5.74) is 13.3. The summed E-state index contributed by atoms with van der Waals surface area (Å²) in [5, 5.41) is 0. The van der Waals surface area contributed by atoms with Crippen LogP contribution in [0.1, 0.15) is 38.3 Å². The lowest BCUT2D eigenvalue weighted by atomic mass is 9.98. The number of amides is 1. The highest BCUT2D eigenvalue weighted by molar-refractivity contribution is 5.81. The Morgan fingerprint density at radius 1 is 1.43 bits per heavy atom. The van der Waals surface area contributed by atoms with E-state index in [-0.39, 0.29) is 11.9 Å². The molecule has 4 N–H and O–H groups in total. The van der Waals surface area contributed by atoms with Gasteiger partial charge < -0.3 is 16.4 Å². The number of anilines is 1. The first-order chi connectivity index (χ1) is 10.1. The van der Waals surface area contributed by atoms with Gasteiger partial charge in [0.05, 0.1) is 17.9 Å². The zero-order chi connectivity index (χ0) is 15.2. The largest absolute Gasteiger partial charge is 0.397 e. The van der Waals surface area contributed by atoms with E-state index < -0.39 is 0 Å². The minimum Gasteiger partial charge on any atom is -0.397 e.